The van der Waals surface area contributed by atoms with E-state index in [1.807, 2.05) is 30.3 Å². The Morgan fingerprint density at radius 3 is 2.50 bits per heavy atom. The molecule has 2 saturated heterocycles. The van der Waals surface area contributed by atoms with Crippen LogP contribution in [0.15, 0.2) is 66.9 Å². The summed E-state index contributed by atoms with van der Waals surface area (Å²) in [4.78, 5) is 27.9. The first-order valence-electron chi connectivity index (χ1n) is 12.8. The number of para-hydroxylation sites is 1. The molecule has 3 unspecified atom stereocenters. The number of hydrogen-bond acceptors (Lipinski definition) is 8. The molecule has 2 aliphatic rings. The number of primary amides is 1. The van der Waals surface area contributed by atoms with Crippen LogP contribution in [-0.4, -0.2) is 57.9 Å². The number of rotatable bonds is 5. The molecule has 3 atom stereocenters. The molecular weight excluding hydrogens is 484 g/mol. The molecule has 0 spiro atoms. The van der Waals surface area contributed by atoms with Crippen molar-refractivity contribution in [2.24, 2.45) is 17.4 Å². The number of nitrogens with two attached hydrogens (primary N) is 2. The fourth-order valence-electron chi connectivity index (χ4n) is 5.76. The summed E-state index contributed by atoms with van der Waals surface area (Å²) >= 11 is 0. The molecule has 0 aliphatic carbocycles. The average Bonchev–Trinajstić information content (AvgIpc) is 2.94. The van der Waals surface area contributed by atoms with Crippen LogP contribution in [-0.2, 0) is 15.1 Å². The molecule has 2 aromatic carbocycles. The minimum Gasteiger partial charge on any atom is -0.507 e. The minimum absolute atomic E-state index is 0.00797. The highest BCUT2D eigenvalue weighted by molar-refractivity contribution is 5.80. The molecule has 0 saturated carbocycles. The number of carbonyl (C=O) groups excluding carboxylic acids is 2. The van der Waals surface area contributed by atoms with Crippen molar-refractivity contribution in [3.8, 4) is 17.0 Å². The first-order chi connectivity index (χ1) is 18.4. The van der Waals surface area contributed by atoms with Crippen molar-refractivity contribution >= 4 is 12.0 Å². The summed E-state index contributed by atoms with van der Waals surface area (Å²) in [5.41, 5.74) is 13.6. The Kier molecular flexibility index (Phi) is 7.26. The van der Waals surface area contributed by atoms with E-state index in [1.165, 1.54) is 0 Å². The van der Waals surface area contributed by atoms with E-state index >= 15 is 0 Å². The van der Waals surface area contributed by atoms with E-state index in [1.54, 1.807) is 41.4 Å². The molecule has 2 amide bonds. The van der Waals surface area contributed by atoms with E-state index in [0.717, 1.165) is 25.9 Å². The maximum atomic E-state index is 13.9. The fourth-order valence-corrected chi connectivity index (χ4v) is 5.76. The number of ether oxygens (including phenoxy) is 1. The van der Waals surface area contributed by atoms with Gasteiger partial charge in [0.05, 0.1) is 24.0 Å². The zero-order valence-electron chi connectivity index (χ0n) is 21.0. The number of aromatic nitrogens is 2. The van der Waals surface area contributed by atoms with Crippen molar-refractivity contribution in [1.82, 2.24) is 20.4 Å². The second-order valence-corrected chi connectivity index (χ2v) is 9.84. The third kappa shape index (κ3) is 4.80. The average molecular weight is 517 g/mol. The molecule has 0 bridgehead atoms. The van der Waals surface area contributed by atoms with E-state index < -0.39 is 23.8 Å². The number of piperidine rings is 2. The van der Waals surface area contributed by atoms with Crippen LogP contribution in [0.1, 0.15) is 36.4 Å². The van der Waals surface area contributed by atoms with Gasteiger partial charge in [-0.15, -0.1) is 0 Å². The number of amides is 2. The number of phenols is 1. The van der Waals surface area contributed by atoms with Gasteiger partial charge in [-0.05, 0) is 55.3 Å². The van der Waals surface area contributed by atoms with E-state index in [9.17, 15) is 14.7 Å². The Balaban J connectivity index is 1.62. The molecule has 10 nitrogen and oxygen atoms in total. The molecule has 198 valence electrons. The van der Waals surface area contributed by atoms with Crippen molar-refractivity contribution in [3.63, 3.8) is 0 Å². The summed E-state index contributed by atoms with van der Waals surface area (Å²) in [7, 11) is 0. The number of nitrogens with zero attached hydrogens (tertiary/aromatic N) is 3. The molecular formula is C28H32N6O4. The van der Waals surface area contributed by atoms with Crippen molar-refractivity contribution in [2.45, 2.75) is 36.9 Å². The van der Waals surface area contributed by atoms with Gasteiger partial charge in [0.15, 0.2) is 5.60 Å². The Hall–Kier alpha value is -4.02. The van der Waals surface area contributed by atoms with E-state index in [-0.39, 0.29) is 17.6 Å². The molecule has 2 aliphatic heterocycles. The summed E-state index contributed by atoms with van der Waals surface area (Å²) < 4.78 is 5.83. The number of phenolic OH excluding ortho intramolecular Hbond substituents is 1. The third-order valence-electron chi connectivity index (χ3n) is 7.65. The number of aromatic hydroxyl groups is 1. The van der Waals surface area contributed by atoms with Crippen molar-refractivity contribution in [3.05, 3.63) is 78.0 Å². The van der Waals surface area contributed by atoms with Crippen molar-refractivity contribution in [2.75, 3.05) is 19.6 Å². The highest BCUT2D eigenvalue weighted by Gasteiger charge is 2.53. The molecule has 1 aromatic heterocycles. The van der Waals surface area contributed by atoms with Crippen LogP contribution in [0, 0.1) is 5.92 Å². The molecule has 38 heavy (non-hydrogen) atoms. The molecule has 3 heterocycles. The van der Waals surface area contributed by atoms with Crippen LogP contribution in [0.3, 0.4) is 0 Å². The van der Waals surface area contributed by atoms with Crippen LogP contribution >= 0.6 is 0 Å². The summed E-state index contributed by atoms with van der Waals surface area (Å²) in [5.74, 6) is -0.0708. The van der Waals surface area contributed by atoms with Gasteiger partial charge in [-0.2, -0.15) is 10.2 Å². The Morgan fingerprint density at radius 1 is 1.08 bits per heavy atom. The van der Waals surface area contributed by atoms with E-state index in [0.29, 0.717) is 35.3 Å². The lowest BCUT2D eigenvalue weighted by molar-refractivity contribution is -0.148. The van der Waals surface area contributed by atoms with Crippen LogP contribution in [0.25, 0.3) is 11.3 Å². The van der Waals surface area contributed by atoms with E-state index in [4.69, 9.17) is 16.2 Å². The first kappa shape index (κ1) is 25.6. The molecule has 5 rings (SSSR count). The predicted molar refractivity (Wildman–Crippen MR) is 141 cm³/mol. The second kappa shape index (κ2) is 10.8. The Morgan fingerprint density at radius 2 is 1.79 bits per heavy atom. The number of benzene rings is 2. The molecule has 6 N–H and O–H groups in total. The molecule has 2 fully saturated rings. The van der Waals surface area contributed by atoms with Crippen molar-refractivity contribution in [1.29, 1.82) is 0 Å². The largest absolute Gasteiger partial charge is 0.507 e. The summed E-state index contributed by atoms with van der Waals surface area (Å²) in [6.45, 7) is 1.85. The van der Waals surface area contributed by atoms with Gasteiger partial charge >= 0.3 is 6.09 Å². The quantitative estimate of drug-likeness (QED) is 0.403. The van der Waals surface area contributed by atoms with Gasteiger partial charge in [0.2, 0.25) is 5.91 Å². The maximum Gasteiger partial charge on any atom is 0.405 e. The standard InChI is InChI=1S/C28H32N6O4/c29-25-24(19-16-22(33-32-17-19)21-8-4-5-9-23(21)35)34(26(36)18-10-13-31-14-11-18)15-12-28(25,38-27(30)37)20-6-2-1-3-7-20/h1-9,16-18,24-25,31,35H,10-15,29H2,(H2,30,37). The monoisotopic (exact) mass is 516 g/mol. The van der Waals surface area contributed by atoms with Gasteiger partial charge in [0, 0.05) is 24.4 Å². The summed E-state index contributed by atoms with van der Waals surface area (Å²) in [6, 6.07) is 16.3. The number of nitrogens with one attached hydrogen (secondary N) is 1. The fraction of sp³-hybridized carbons (Fsp3) is 0.357. The number of likely N-dealkylation sites (tertiary alicyclic amines) is 1. The van der Waals surface area contributed by atoms with Crippen molar-refractivity contribution < 1.29 is 19.4 Å². The smallest absolute Gasteiger partial charge is 0.405 e. The van der Waals surface area contributed by atoms with Gasteiger partial charge in [-0.25, -0.2) is 4.79 Å². The zero-order valence-corrected chi connectivity index (χ0v) is 21.0. The normalized spacial score (nSPS) is 24.1. The van der Waals surface area contributed by atoms with Crippen LogP contribution in [0.5, 0.6) is 5.75 Å². The highest BCUT2D eigenvalue weighted by Crippen LogP contribution is 2.45. The lowest BCUT2D eigenvalue weighted by atomic mass is 9.74. The number of hydrogen-bond donors (Lipinski definition) is 4. The Bertz CT molecular complexity index is 1300. The summed E-state index contributed by atoms with van der Waals surface area (Å²) in [6.07, 6.45) is 2.39. The van der Waals surface area contributed by atoms with Crippen LogP contribution in [0.2, 0.25) is 0 Å². The Labute approximate surface area is 221 Å². The highest BCUT2D eigenvalue weighted by atomic mass is 16.6. The van der Waals surface area contributed by atoms with Gasteiger partial charge in [0.25, 0.3) is 0 Å². The minimum atomic E-state index is -1.26. The summed E-state index contributed by atoms with van der Waals surface area (Å²) in [5, 5.41) is 22.2. The SMILES string of the molecule is NC(=O)OC1(c2ccccc2)CCN(C(=O)C2CCNCC2)C(c2cnnc(-c3ccccc3O)c2)C1N. The predicted octanol–water partition coefficient (Wildman–Crippen LogP) is 2.44. The third-order valence-corrected chi connectivity index (χ3v) is 7.65. The lowest BCUT2D eigenvalue weighted by Crippen LogP contribution is -2.63. The molecule has 0 radical (unpaired) electrons. The molecule has 3 aromatic rings. The zero-order chi connectivity index (χ0) is 26.7. The second-order valence-electron chi connectivity index (χ2n) is 9.84. The van der Waals surface area contributed by atoms with Crippen LogP contribution < -0.4 is 16.8 Å². The van der Waals surface area contributed by atoms with Gasteiger partial charge in [0.1, 0.15) is 5.75 Å². The van der Waals surface area contributed by atoms with Gasteiger partial charge < -0.3 is 31.5 Å². The topological polar surface area (TPSA) is 157 Å². The van der Waals surface area contributed by atoms with E-state index in [2.05, 4.69) is 15.5 Å². The van der Waals surface area contributed by atoms with Gasteiger partial charge in [-0.1, -0.05) is 42.5 Å². The first-order valence-corrected chi connectivity index (χ1v) is 12.8. The number of carbonyl (C=O) groups is 2. The van der Waals surface area contributed by atoms with Gasteiger partial charge in [-0.3, -0.25) is 4.79 Å². The lowest BCUT2D eigenvalue weighted by Gasteiger charge is -2.51. The maximum absolute atomic E-state index is 13.9. The van der Waals surface area contributed by atoms with Crippen LogP contribution in [0.4, 0.5) is 4.79 Å². The molecule has 10 heteroatoms.